The molecule has 1 N–H and O–H groups in total. The van der Waals surface area contributed by atoms with E-state index in [1.165, 1.54) is 12.1 Å². The summed E-state index contributed by atoms with van der Waals surface area (Å²) in [7, 11) is 1.61. The molecule has 30 heavy (non-hydrogen) atoms. The fourth-order valence-electron chi connectivity index (χ4n) is 3.11. The third-order valence-electron chi connectivity index (χ3n) is 4.71. The molecule has 0 saturated carbocycles. The molecule has 0 radical (unpaired) electrons. The monoisotopic (exact) mass is 405 g/mol. The fraction of sp³-hybridized carbons (Fsp3) is 0.136. The molecular weight excluding hydrogens is 385 g/mol. The SMILES string of the molecule is COc1ccc(Cn2nnc(C(=O)Nc3cc(F)ccc3C)c2-n2cccc2)cc1. The van der Waals surface area contributed by atoms with Crippen LogP contribution in [0.4, 0.5) is 10.1 Å². The number of methoxy groups -OCH3 is 1. The van der Waals surface area contributed by atoms with Gasteiger partial charge in [-0.05, 0) is 54.4 Å². The molecule has 0 atom stereocenters. The summed E-state index contributed by atoms with van der Waals surface area (Å²) in [5.74, 6) is 0.383. The third kappa shape index (κ3) is 3.93. The first-order chi connectivity index (χ1) is 14.5. The Kier molecular flexibility index (Phi) is 5.30. The number of anilines is 1. The quantitative estimate of drug-likeness (QED) is 0.529. The standard InChI is InChI=1S/C22H20FN5O2/c1-15-5-8-17(23)13-19(15)24-21(29)20-22(27-11-3-4-12-27)28(26-25-20)14-16-6-9-18(30-2)10-7-16/h3-13H,14H2,1-2H3,(H,24,29). The van der Waals surface area contributed by atoms with Gasteiger partial charge in [-0.2, -0.15) is 0 Å². The van der Waals surface area contributed by atoms with Crippen molar-refractivity contribution in [3.63, 3.8) is 0 Å². The lowest BCUT2D eigenvalue weighted by molar-refractivity contribution is 0.102. The predicted molar refractivity (Wildman–Crippen MR) is 111 cm³/mol. The van der Waals surface area contributed by atoms with Crippen molar-refractivity contribution in [3.8, 4) is 11.6 Å². The van der Waals surface area contributed by atoms with E-state index in [2.05, 4.69) is 15.6 Å². The van der Waals surface area contributed by atoms with E-state index in [-0.39, 0.29) is 5.69 Å². The van der Waals surface area contributed by atoms with Crippen LogP contribution in [-0.2, 0) is 6.54 Å². The van der Waals surface area contributed by atoms with Crippen molar-refractivity contribution in [1.29, 1.82) is 0 Å². The zero-order valence-corrected chi connectivity index (χ0v) is 16.5. The second-order valence-electron chi connectivity index (χ2n) is 6.77. The van der Waals surface area contributed by atoms with E-state index in [0.717, 1.165) is 16.9 Å². The van der Waals surface area contributed by atoms with Gasteiger partial charge in [-0.3, -0.25) is 4.79 Å². The van der Waals surface area contributed by atoms with Gasteiger partial charge in [-0.25, -0.2) is 9.07 Å². The van der Waals surface area contributed by atoms with Crippen LogP contribution in [0.25, 0.3) is 5.82 Å². The Morgan fingerprint density at radius 2 is 1.87 bits per heavy atom. The summed E-state index contributed by atoms with van der Waals surface area (Å²) in [5.41, 5.74) is 2.26. The normalized spacial score (nSPS) is 10.8. The zero-order chi connectivity index (χ0) is 21.1. The molecule has 0 aliphatic rings. The minimum atomic E-state index is -0.464. The first-order valence-electron chi connectivity index (χ1n) is 9.32. The Balaban J connectivity index is 1.68. The van der Waals surface area contributed by atoms with Crippen molar-refractivity contribution in [1.82, 2.24) is 19.6 Å². The number of hydrogen-bond donors (Lipinski definition) is 1. The molecule has 8 heteroatoms. The largest absolute Gasteiger partial charge is 0.497 e. The Hall–Kier alpha value is -3.94. The molecule has 2 aromatic heterocycles. The molecule has 4 rings (SSSR count). The highest BCUT2D eigenvalue weighted by Crippen LogP contribution is 2.20. The maximum atomic E-state index is 13.6. The van der Waals surface area contributed by atoms with Gasteiger partial charge in [0.2, 0.25) is 0 Å². The molecule has 0 fully saturated rings. The second-order valence-corrected chi connectivity index (χ2v) is 6.77. The van der Waals surface area contributed by atoms with Crippen LogP contribution in [0, 0.1) is 12.7 Å². The van der Waals surface area contributed by atoms with Gasteiger partial charge in [0.15, 0.2) is 11.5 Å². The molecule has 0 saturated heterocycles. The molecule has 4 aromatic rings. The van der Waals surface area contributed by atoms with Gasteiger partial charge in [-0.1, -0.05) is 23.4 Å². The van der Waals surface area contributed by atoms with Crippen LogP contribution in [0.5, 0.6) is 5.75 Å². The molecule has 2 heterocycles. The number of rotatable bonds is 6. The van der Waals surface area contributed by atoms with Crippen molar-refractivity contribution in [3.05, 3.63) is 89.6 Å². The first-order valence-corrected chi connectivity index (χ1v) is 9.32. The minimum Gasteiger partial charge on any atom is -0.497 e. The summed E-state index contributed by atoms with van der Waals surface area (Å²) in [6, 6.07) is 15.5. The van der Waals surface area contributed by atoms with Gasteiger partial charge < -0.3 is 14.6 Å². The van der Waals surface area contributed by atoms with E-state index in [1.54, 1.807) is 29.3 Å². The van der Waals surface area contributed by atoms with E-state index >= 15 is 0 Å². The van der Waals surface area contributed by atoms with Gasteiger partial charge in [-0.15, -0.1) is 5.10 Å². The van der Waals surface area contributed by atoms with Crippen molar-refractivity contribution < 1.29 is 13.9 Å². The summed E-state index contributed by atoms with van der Waals surface area (Å²) in [6.45, 7) is 2.21. The number of nitrogens with zero attached hydrogens (tertiary/aromatic N) is 4. The van der Waals surface area contributed by atoms with Gasteiger partial charge in [0, 0.05) is 18.1 Å². The van der Waals surface area contributed by atoms with E-state index in [0.29, 0.717) is 18.1 Å². The molecule has 1 amide bonds. The lowest BCUT2D eigenvalue weighted by atomic mass is 10.2. The van der Waals surface area contributed by atoms with Crippen LogP contribution in [0.2, 0.25) is 0 Å². The number of nitrogens with one attached hydrogen (secondary N) is 1. The minimum absolute atomic E-state index is 0.142. The second kappa shape index (κ2) is 8.20. The number of aromatic nitrogens is 4. The Labute approximate surface area is 172 Å². The number of aryl methyl sites for hydroxylation is 1. The fourth-order valence-corrected chi connectivity index (χ4v) is 3.11. The van der Waals surface area contributed by atoms with Crippen LogP contribution in [0.1, 0.15) is 21.6 Å². The van der Waals surface area contributed by atoms with E-state index in [1.807, 2.05) is 48.8 Å². The molecule has 0 bridgehead atoms. The number of benzene rings is 2. The molecule has 7 nitrogen and oxygen atoms in total. The molecule has 0 aliphatic carbocycles. The molecule has 2 aromatic carbocycles. The molecule has 152 valence electrons. The average molecular weight is 405 g/mol. The number of hydrogen-bond acceptors (Lipinski definition) is 4. The number of halogens is 1. The molecule has 0 unspecified atom stereocenters. The van der Waals surface area contributed by atoms with Crippen LogP contribution in [-0.4, -0.2) is 32.6 Å². The van der Waals surface area contributed by atoms with E-state index < -0.39 is 11.7 Å². The predicted octanol–water partition coefficient (Wildman–Crippen LogP) is 3.83. The molecule has 0 spiro atoms. The number of carbonyl (C=O) groups excluding carboxylic acids is 1. The number of carbonyl (C=O) groups is 1. The topological polar surface area (TPSA) is 74.0 Å². The Morgan fingerprint density at radius 1 is 1.13 bits per heavy atom. The highest BCUT2D eigenvalue weighted by Gasteiger charge is 2.22. The van der Waals surface area contributed by atoms with Crippen molar-refractivity contribution in [2.24, 2.45) is 0 Å². The first kappa shape index (κ1) is 19.4. The van der Waals surface area contributed by atoms with Crippen molar-refractivity contribution in [2.45, 2.75) is 13.5 Å². The van der Waals surface area contributed by atoms with Crippen LogP contribution < -0.4 is 10.1 Å². The lowest BCUT2D eigenvalue weighted by Gasteiger charge is -2.11. The van der Waals surface area contributed by atoms with E-state index in [9.17, 15) is 9.18 Å². The summed E-state index contributed by atoms with van der Waals surface area (Å²) in [6.07, 6.45) is 3.63. The highest BCUT2D eigenvalue weighted by atomic mass is 19.1. The maximum absolute atomic E-state index is 13.6. The summed E-state index contributed by atoms with van der Waals surface area (Å²) < 4.78 is 22.2. The highest BCUT2D eigenvalue weighted by molar-refractivity contribution is 6.05. The van der Waals surface area contributed by atoms with Crippen molar-refractivity contribution in [2.75, 3.05) is 12.4 Å². The van der Waals surface area contributed by atoms with Crippen LogP contribution >= 0.6 is 0 Å². The van der Waals surface area contributed by atoms with Gasteiger partial charge in [0.25, 0.3) is 5.91 Å². The van der Waals surface area contributed by atoms with Gasteiger partial charge in [0.1, 0.15) is 11.6 Å². The summed E-state index contributed by atoms with van der Waals surface area (Å²) in [5, 5.41) is 11.0. The smallest absolute Gasteiger partial charge is 0.280 e. The van der Waals surface area contributed by atoms with E-state index in [4.69, 9.17) is 4.74 Å². The van der Waals surface area contributed by atoms with Gasteiger partial charge in [0.05, 0.1) is 13.7 Å². The van der Waals surface area contributed by atoms with Crippen LogP contribution in [0.15, 0.2) is 67.0 Å². The molecular formula is C22H20FN5O2. The third-order valence-corrected chi connectivity index (χ3v) is 4.71. The van der Waals surface area contributed by atoms with Crippen molar-refractivity contribution >= 4 is 11.6 Å². The average Bonchev–Trinajstić information content (AvgIpc) is 3.41. The zero-order valence-electron chi connectivity index (χ0n) is 16.5. The maximum Gasteiger partial charge on any atom is 0.280 e. The number of amides is 1. The Morgan fingerprint density at radius 3 is 2.57 bits per heavy atom. The Bertz CT molecular complexity index is 1170. The summed E-state index contributed by atoms with van der Waals surface area (Å²) >= 11 is 0. The van der Waals surface area contributed by atoms with Crippen LogP contribution in [0.3, 0.4) is 0 Å². The van der Waals surface area contributed by atoms with Gasteiger partial charge >= 0.3 is 0 Å². The number of ether oxygens (including phenoxy) is 1. The molecule has 0 aliphatic heterocycles. The summed E-state index contributed by atoms with van der Waals surface area (Å²) in [4.78, 5) is 13.0. The lowest BCUT2D eigenvalue weighted by Crippen LogP contribution is -2.17.